The molecular weight excluding hydrogens is 291 g/mol. The average Bonchev–Trinajstić information content (AvgIpc) is 3.02. The summed E-state index contributed by atoms with van der Waals surface area (Å²) >= 11 is 0. The molecule has 0 aliphatic carbocycles. The van der Waals surface area contributed by atoms with E-state index in [4.69, 9.17) is 0 Å². The van der Waals surface area contributed by atoms with Crippen LogP contribution in [0.15, 0.2) is 60.8 Å². The van der Waals surface area contributed by atoms with Crippen LogP contribution in [0.4, 0.5) is 4.39 Å². The zero-order valence-corrected chi connectivity index (χ0v) is 12.4. The van der Waals surface area contributed by atoms with E-state index in [-0.39, 0.29) is 5.82 Å². The van der Waals surface area contributed by atoms with Crippen LogP contribution in [0.3, 0.4) is 0 Å². The number of benzene rings is 2. The van der Waals surface area contributed by atoms with E-state index >= 15 is 0 Å². The monoisotopic (exact) mass is 304 g/mol. The third-order valence-electron chi connectivity index (χ3n) is 3.80. The molecule has 4 nitrogen and oxygen atoms in total. The van der Waals surface area contributed by atoms with Gasteiger partial charge in [-0.1, -0.05) is 48.5 Å². The van der Waals surface area contributed by atoms with E-state index in [0.29, 0.717) is 22.6 Å². The predicted molar refractivity (Wildman–Crippen MR) is 86.3 cm³/mol. The van der Waals surface area contributed by atoms with E-state index in [0.717, 1.165) is 11.1 Å². The van der Waals surface area contributed by atoms with Gasteiger partial charge in [-0.3, -0.25) is 0 Å². The van der Waals surface area contributed by atoms with E-state index in [2.05, 4.69) is 15.3 Å². The Labute approximate surface area is 132 Å². The van der Waals surface area contributed by atoms with Crippen LogP contribution in [0.1, 0.15) is 5.69 Å². The molecule has 0 unspecified atom stereocenters. The highest BCUT2D eigenvalue weighted by atomic mass is 19.1. The second kappa shape index (κ2) is 5.28. The first-order valence-electron chi connectivity index (χ1n) is 7.27. The topological polar surface area (TPSA) is 43.1 Å². The Hall–Kier alpha value is -3.08. The molecule has 112 valence electrons. The van der Waals surface area contributed by atoms with Gasteiger partial charge in [-0.15, -0.1) is 5.10 Å². The number of aryl methyl sites for hydroxylation is 1. The summed E-state index contributed by atoms with van der Waals surface area (Å²) < 4.78 is 15.9. The van der Waals surface area contributed by atoms with Crippen LogP contribution in [0.5, 0.6) is 0 Å². The minimum absolute atomic E-state index is 0.278. The Balaban J connectivity index is 2.02. The highest BCUT2D eigenvalue weighted by Gasteiger charge is 2.17. The van der Waals surface area contributed by atoms with Crippen molar-refractivity contribution in [2.24, 2.45) is 0 Å². The van der Waals surface area contributed by atoms with Crippen LogP contribution >= 0.6 is 0 Å². The Kier molecular flexibility index (Phi) is 3.12. The van der Waals surface area contributed by atoms with Crippen molar-refractivity contribution in [2.45, 2.75) is 6.92 Å². The fourth-order valence-electron chi connectivity index (χ4n) is 2.71. The summed E-state index contributed by atoms with van der Waals surface area (Å²) in [6.45, 7) is 1.85. The van der Waals surface area contributed by atoms with Crippen molar-refractivity contribution in [3.8, 4) is 22.5 Å². The van der Waals surface area contributed by atoms with Crippen molar-refractivity contribution in [3.05, 3.63) is 72.3 Å². The van der Waals surface area contributed by atoms with Crippen LogP contribution in [0.2, 0.25) is 0 Å². The number of hydrogen-bond acceptors (Lipinski definition) is 3. The lowest BCUT2D eigenvalue weighted by Crippen LogP contribution is -2.02. The number of halogens is 1. The Morgan fingerprint density at radius 1 is 0.870 bits per heavy atom. The van der Waals surface area contributed by atoms with Gasteiger partial charge in [0.2, 0.25) is 0 Å². The van der Waals surface area contributed by atoms with E-state index in [1.807, 2.05) is 43.3 Å². The molecule has 0 bridgehead atoms. The Bertz CT molecular complexity index is 993. The van der Waals surface area contributed by atoms with Crippen molar-refractivity contribution in [2.75, 3.05) is 0 Å². The lowest BCUT2D eigenvalue weighted by atomic mass is 10.1. The lowest BCUT2D eigenvalue weighted by Gasteiger charge is -2.07. The van der Waals surface area contributed by atoms with Crippen LogP contribution in [0, 0.1) is 12.7 Å². The van der Waals surface area contributed by atoms with Crippen molar-refractivity contribution in [1.82, 2.24) is 19.8 Å². The molecule has 2 heterocycles. The van der Waals surface area contributed by atoms with Crippen LogP contribution in [-0.2, 0) is 0 Å². The molecule has 2 aromatic heterocycles. The smallest absolute Gasteiger partial charge is 0.183 e. The summed E-state index contributed by atoms with van der Waals surface area (Å²) in [5, 5.41) is 12.9. The number of nitrogens with zero attached hydrogens (tertiary/aromatic N) is 4. The van der Waals surface area contributed by atoms with Gasteiger partial charge in [-0.2, -0.15) is 10.2 Å². The minimum atomic E-state index is -0.278. The summed E-state index contributed by atoms with van der Waals surface area (Å²) in [6, 6.07) is 16.4. The van der Waals surface area contributed by atoms with Gasteiger partial charge in [0, 0.05) is 16.7 Å². The van der Waals surface area contributed by atoms with Gasteiger partial charge in [0.1, 0.15) is 5.82 Å². The lowest BCUT2D eigenvalue weighted by molar-refractivity contribution is 0.631. The summed E-state index contributed by atoms with van der Waals surface area (Å²) in [5.74, 6) is 0.355. The maximum absolute atomic E-state index is 14.2. The molecule has 0 atom stereocenters. The van der Waals surface area contributed by atoms with Crippen LogP contribution in [-0.4, -0.2) is 19.8 Å². The summed E-state index contributed by atoms with van der Waals surface area (Å²) in [4.78, 5) is 0. The molecule has 0 fully saturated rings. The maximum atomic E-state index is 14.2. The zero-order chi connectivity index (χ0) is 15.8. The molecule has 4 aromatic rings. The molecule has 2 aromatic carbocycles. The van der Waals surface area contributed by atoms with Crippen molar-refractivity contribution in [1.29, 1.82) is 0 Å². The second-order valence-corrected chi connectivity index (χ2v) is 5.27. The van der Waals surface area contributed by atoms with Gasteiger partial charge in [0.25, 0.3) is 0 Å². The highest BCUT2D eigenvalue weighted by Crippen LogP contribution is 2.30. The minimum Gasteiger partial charge on any atom is -0.210 e. The molecular formula is C18H13FN4. The first-order chi connectivity index (χ1) is 11.3. The molecule has 5 heteroatoms. The molecule has 0 aliphatic heterocycles. The molecule has 4 rings (SSSR count). The number of aromatic nitrogens is 4. The van der Waals surface area contributed by atoms with Gasteiger partial charge >= 0.3 is 0 Å². The second-order valence-electron chi connectivity index (χ2n) is 5.27. The zero-order valence-electron chi connectivity index (χ0n) is 12.4. The first-order valence-corrected chi connectivity index (χ1v) is 7.27. The number of rotatable bonds is 2. The average molecular weight is 304 g/mol. The molecule has 0 aliphatic rings. The van der Waals surface area contributed by atoms with Gasteiger partial charge in [0.15, 0.2) is 5.82 Å². The van der Waals surface area contributed by atoms with Crippen LogP contribution in [0.25, 0.3) is 28.0 Å². The van der Waals surface area contributed by atoms with Crippen molar-refractivity contribution < 1.29 is 4.39 Å². The molecule has 0 N–H and O–H groups in total. The molecule has 0 saturated carbocycles. The maximum Gasteiger partial charge on any atom is 0.183 e. The van der Waals surface area contributed by atoms with E-state index in [1.54, 1.807) is 22.8 Å². The fraction of sp³-hybridized carbons (Fsp3) is 0.0556. The van der Waals surface area contributed by atoms with E-state index in [1.165, 1.54) is 6.07 Å². The highest BCUT2D eigenvalue weighted by molar-refractivity contribution is 5.82. The Morgan fingerprint density at radius 3 is 2.39 bits per heavy atom. The molecule has 0 amide bonds. The van der Waals surface area contributed by atoms with E-state index in [9.17, 15) is 4.39 Å². The third kappa shape index (κ3) is 2.17. The number of hydrogen-bond donors (Lipinski definition) is 0. The summed E-state index contributed by atoms with van der Waals surface area (Å²) in [6.07, 6.45) is 1.66. The third-order valence-corrected chi connectivity index (χ3v) is 3.80. The van der Waals surface area contributed by atoms with Gasteiger partial charge < -0.3 is 0 Å². The van der Waals surface area contributed by atoms with Gasteiger partial charge in [0.05, 0.1) is 17.4 Å². The predicted octanol–water partition coefficient (Wildman–Crippen LogP) is 3.91. The van der Waals surface area contributed by atoms with Crippen LogP contribution < -0.4 is 0 Å². The molecule has 0 spiro atoms. The largest absolute Gasteiger partial charge is 0.210 e. The summed E-state index contributed by atoms with van der Waals surface area (Å²) in [5.41, 5.74) is 3.61. The Morgan fingerprint density at radius 2 is 1.61 bits per heavy atom. The molecule has 0 radical (unpaired) electrons. The van der Waals surface area contributed by atoms with Gasteiger partial charge in [-0.25, -0.2) is 8.91 Å². The standard InChI is InChI=1S/C18H13FN4/c1-12-17-15(14-9-5-6-10-16(14)19)11-20-23(17)18(22-21-12)13-7-3-2-4-8-13/h2-11H,1H3. The summed E-state index contributed by atoms with van der Waals surface area (Å²) in [7, 11) is 0. The fourth-order valence-corrected chi connectivity index (χ4v) is 2.71. The number of fused-ring (bicyclic) bond motifs is 1. The van der Waals surface area contributed by atoms with Gasteiger partial charge in [-0.05, 0) is 13.0 Å². The quantitative estimate of drug-likeness (QED) is 0.564. The first kappa shape index (κ1) is 13.6. The van der Waals surface area contributed by atoms with Crippen molar-refractivity contribution >= 4 is 5.52 Å². The SMILES string of the molecule is Cc1nnc(-c2ccccc2)n2ncc(-c3ccccc3F)c12. The van der Waals surface area contributed by atoms with E-state index < -0.39 is 0 Å². The molecule has 23 heavy (non-hydrogen) atoms. The molecule has 0 saturated heterocycles. The normalized spacial score (nSPS) is 11.0. The van der Waals surface area contributed by atoms with Crippen molar-refractivity contribution in [3.63, 3.8) is 0 Å².